The van der Waals surface area contributed by atoms with Crippen molar-refractivity contribution in [2.45, 2.75) is 6.54 Å². The third-order valence-electron chi connectivity index (χ3n) is 2.76. The lowest BCUT2D eigenvalue weighted by Gasteiger charge is -2.10. The van der Waals surface area contributed by atoms with Crippen LogP contribution in [0.25, 0.3) is 0 Å². The van der Waals surface area contributed by atoms with Gasteiger partial charge in [0.15, 0.2) is 17.3 Å². The molecular weight excluding hydrogens is 280 g/mol. The molecule has 0 bridgehead atoms. The molecule has 0 fully saturated rings. The van der Waals surface area contributed by atoms with Gasteiger partial charge in [-0.2, -0.15) is 0 Å². The molecule has 0 radical (unpaired) electrons. The van der Waals surface area contributed by atoms with Gasteiger partial charge in [0, 0.05) is 6.54 Å². The van der Waals surface area contributed by atoms with E-state index in [0.717, 1.165) is 12.1 Å². The largest absolute Gasteiger partial charge is 0.464 e. The summed E-state index contributed by atoms with van der Waals surface area (Å²) in [4.78, 5) is 15.4. The average molecular weight is 293 g/mol. The molecule has 0 unspecified atom stereocenters. The van der Waals surface area contributed by atoms with E-state index in [1.807, 2.05) is 0 Å². The first kappa shape index (κ1) is 14.7. The van der Waals surface area contributed by atoms with Crippen molar-refractivity contribution in [2.75, 3.05) is 18.2 Å². The monoisotopic (exact) mass is 293 g/mol. The molecule has 2 rings (SSSR count). The zero-order valence-corrected chi connectivity index (χ0v) is 11.2. The number of rotatable bonds is 4. The van der Waals surface area contributed by atoms with Gasteiger partial charge in [0.1, 0.15) is 5.82 Å². The summed E-state index contributed by atoms with van der Waals surface area (Å²) in [6.07, 6.45) is 0. The highest BCUT2D eigenvalue weighted by Crippen LogP contribution is 2.18. The first-order valence-corrected chi connectivity index (χ1v) is 6.04. The molecule has 2 aromatic rings. The Morgan fingerprint density at radius 1 is 1.29 bits per heavy atom. The lowest BCUT2D eigenvalue weighted by atomic mass is 10.2. The van der Waals surface area contributed by atoms with Crippen LogP contribution in [0.1, 0.15) is 16.1 Å². The summed E-state index contributed by atoms with van der Waals surface area (Å²) < 4.78 is 30.5. The Kier molecular flexibility index (Phi) is 4.32. The quantitative estimate of drug-likeness (QED) is 0.846. The smallest absolute Gasteiger partial charge is 0.356 e. The highest BCUT2D eigenvalue weighted by molar-refractivity contribution is 5.88. The molecule has 1 aromatic carbocycles. The molecule has 0 aliphatic carbocycles. The molecule has 21 heavy (non-hydrogen) atoms. The van der Waals surface area contributed by atoms with Crippen molar-refractivity contribution in [1.82, 2.24) is 4.98 Å². The molecule has 0 atom stereocenters. The van der Waals surface area contributed by atoms with E-state index in [9.17, 15) is 13.6 Å². The molecule has 0 saturated carbocycles. The predicted molar refractivity (Wildman–Crippen MR) is 73.7 cm³/mol. The van der Waals surface area contributed by atoms with E-state index in [1.165, 1.54) is 25.3 Å². The van der Waals surface area contributed by atoms with E-state index >= 15 is 0 Å². The van der Waals surface area contributed by atoms with Gasteiger partial charge in [-0.05, 0) is 29.8 Å². The van der Waals surface area contributed by atoms with Crippen molar-refractivity contribution >= 4 is 17.5 Å². The fraction of sp³-hybridized carbons (Fsp3) is 0.143. The van der Waals surface area contributed by atoms with Crippen molar-refractivity contribution in [1.29, 1.82) is 0 Å². The van der Waals surface area contributed by atoms with E-state index in [-0.39, 0.29) is 18.1 Å². The second-order valence-corrected chi connectivity index (χ2v) is 4.23. The van der Waals surface area contributed by atoms with Crippen LogP contribution in [0.4, 0.5) is 20.3 Å². The Labute approximate surface area is 119 Å². The van der Waals surface area contributed by atoms with Crippen LogP contribution in [0.15, 0.2) is 30.3 Å². The molecule has 1 aromatic heterocycles. The van der Waals surface area contributed by atoms with Crippen molar-refractivity contribution in [3.8, 4) is 0 Å². The van der Waals surface area contributed by atoms with Crippen molar-refractivity contribution in [2.24, 2.45) is 0 Å². The Morgan fingerprint density at radius 3 is 2.71 bits per heavy atom. The molecule has 1 heterocycles. The Morgan fingerprint density at radius 2 is 2.05 bits per heavy atom. The number of nitrogens with one attached hydrogen (secondary N) is 1. The number of pyridine rings is 1. The lowest BCUT2D eigenvalue weighted by Crippen LogP contribution is -2.10. The van der Waals surface area contributed by atoms with Gasteiger partial charge in [-0.15, -0.1) is 0 Å². The number of nitrogen functional groups attached to an aromatic ring is 1. The molecule has 7 heteroatoms. The molecule has 5 nitrogen and oxygen atoms in total. The van der Waals surface area contributed by atoms with E-state index in [0.29, 0.717) is 11.3 Å². The highest BCUT2D eigenvalue weighted by Gasteiger charge is 2.10. The van der Waals surface area contributed by atoms with E-state index < -0.39 is 17.6 Å². The van der Waals surface area contributed by atoms with E-state index in [2.05, 4.69) is 15.0 Å². The van der Waals surface area contributed by atoms with Gasteiger partial charge in [0.25, 0.3) is 0 Å². The first-order valence-electron chi connectivity index (χ1n) is 6.04. The molecule has 0 saturated heterocycles. The minimum Gasteiger partial charge on any atom is -0.464 e. The van der Waals surface area contributed by atoms with Gasteiger partial charge >= 0.3 is 5.97 Å². The molecular formula is C14H13F2N3O2. The predicted octanol–water partition coefficient (Wildman–Crippen LogP) is 2.34. The van der Waals surface area contributed by atoms with Gasteiger partial charge in [0.2, 0.25) is 0 Å². The molecule has 3 N–H and O–H groups in total. The molecule has 0 aliphatic rings. The van der Waals surface area contributed by atoms with Gasteiger partial charge in [-0.25, -0.2) is 18.6 Å². The van der Waals surface area contributed by atoms with Crippen LogP contribution in [0.5, 0.6) is 0 Å². The molecule has 0 amide bonds. The maximum absolute atomic E-state index is 13.1. The summed E-state index contributed by atoms with van der Waals surface area (Å²) >= 11 is 0. The van der Waals surface area contributed by atoms with Gasteiger partial charge < -0.3 is 15.8 Å². The zero-order chi connectivity index (χ0) is 15.4. The number of hydrogen-bond acceptors (Lipinski definition) is 5. The number of carbonyl (C=O) groups is 1. The summed E-state index contributed by atoms with van der Waals surface area (Å²) in [5, 5.41) is 2.86. The summed E-state index contributed by atoms with van der Waals surface area (Å²) in [6, 6.07) is 6.49. The lowest BCUT2D eigenvalue weighted by molar-refractivity contribution is 0.0594. The number of halogens is 2. The Hall–Kier alpha value is -2.70. The van der Waals surface area contributed by atoms with Crippen LogP contribution in [0.3, 0.4) is 0 Å². The average Bonchev–Trinajstić information content (AvgIpc) is 2.49. The van der Waals surface area contributed by atoms with Gasteiger partial charge in [-0.3, -0.25) is 0 Å². The normalized spacial score (nSPS) is 10.2. The number of hydrogen-bond donors (Lipinski definition) is 2. The maximum Gasteiger partial charge on any atom is 0.356 e. The maximum atomic E-state index is 13.1. The second-order valence-electron chi connectivity index (χ2n) is 4.23. The van der Waals surface area contributed by atoms with Crippen LogP contribution in [0, 0.1) is 11.6 Å². The van der Waals surface area contributed by atoms with Crippen LogP contribution < -0.4 is 11.1 Å². The topological polar surface area (TPSA) is 77.2 Å². The summed E-state index contributed by atoms with van der Waals surface area (Å²) in [6.45, 7) is 0.180. The number of nitrogens with zero attached hydrogens (tertiary/aromatic N) is 1. The highest BCUT2D eigenvalue weighted by atomic mass is 19.2. The third kappa shape index (κ3) is 3.44. The number of carbonyl (C=O) groups excluding carboxylic acids is 1. The first-order chi connectivity index (χ1) is 10.0. The number of nitrogens with two attached hydrogens (primary N) is 1. The number of aromatic nitrogens is 1. The van der Waals surface area contributed by atoms with Crippen molar-refractivity contribution in [3.05, 3.63) is 53.2 Å². The molecule has 110 valence electrons. The Balaban J connectivity index is 2.15. The minimum absolute atomic E-state index is 0.0967. The van der Waals surface area contributed by atoms with Crippen LogP contribution in [-0.4, -0.2) is 18.1 Å². The number of benzene rings is 1. The number of anilines is 2. The summed E-state index contributed by atoms with van der Waals surface area (Å²) in [7, 11) is 1.24. The number of ether oxygens (including phenoxy) is 1. The second kappa shape index (κ2) is 6.17. The fourth-order valence-electron chi connectivity index (χ4n) is 1.67. The third-order valence-corrected chi connectivity index (χ3v) is 2.76. The fourth-order valence-corrected chi connectivity index (χ4v) is 1.67. The Bertz CT molecular complexity index is 677. The minimum atomic E-state index is -0.932. The summed E-state index contributed by atoms with van der Waals surface area (Å²) in [5.41, 5.74) is 6.67. The van der Waals surface area contributed by atoms with Gasteiger partial charge in [-0.1, -0.05) is 6.07 Å². The zero-order valence-electron chi connectivity index (χ0n) is 11.2. The summed E-state index contributed by atoms with van der Waals surface area (Å²) in [5.74, 6) is -2.17. The standard InChI is InChI=1S/C14H13F2N3O2/c1-21-14(20)12-5-4-11(17)13(19-12)18-7-8-2-3-9(15)10(16)6-8/h2-6H,7,17H2,1H3,(H,18,19). The van der Waals surface area contributed by atoms with Crippen LogP contribution in [-0.2, 0) is 11.3 Å². The van der Waals surface area contributed by atoms with Crippen molar-refractivity contribution < 1.29 is 18.3 Å². The molecule has 0 aliphatic heterocycles. The number of methoxy groups -OCH3 is 1. The van der Waals surface area contributed by atoms with Gasteiger partial charge in [0.05, 0.1) is 12.8 Å². The SMILES string of the molecule is COC(=O)c1ccc(N)c(NCc2ccc(F)c(F)c2)n1. The number of esters is 1. The van der Waals surface area contributed by atoms with E-state index in [1.54, 1.807) is 0 Å². The van der Waals surface area contributed by atoms with Crippen LogP contribution in [0.2, 0.25) is 0 Å². The van der Waals surface area contributed by atoms with Crippen molar-refractivity contribution in [3.63, 3.8) is 0 Å². The molecule has 0 spiro atoms. The van der Waals surface area contributed by atoms with Crippen LogP contribution >= 0.6 is 0 Å². The van der Waals surface area contributed by atoms with E-state index in [4.69, 9.17) is 5.73 Å².